The van der Waals surface area contributed by atoms with Crippen LogP contribution in [0.1, 0.15) is 51.5 Å². The summed E-state index contributed by atoms with van der Waals surface area (Å²) in [4.78, 5) is 30.2. The van der Waals surface area contributed by atoms with Gasteiger partial charge in [-0.2, -0.15) is 0 Å². The molecule has 1 N–H and O–H groups in total. The van der Waals surface area contributed by atoms with Gasteiger partial charge in [0.1, 0.15) is 5.70 Å². The highest BCUT2D eigenvalue weighted by Crippen LogP contribution is 2.29. The first-order valence-corrected chi connectivity index (χ1v) is 10.8. The Hall–Kier alpha value is -2.95. The van der Waals surface area contributed by atoms with E-state index in [1.807, 2.05) is 42.5 Å². The smallest absolute Gasteiger partial charge is 0.358 e. The fourth-order valence-corrected chi connectivity index (χ4v) is 3.62. The van der Waals surface area contributed by atoms with Crippen LogP contribution in [0.2, 0.25) is 0 Å². The molecular weight excluding hydrogens is 376 g/mol. The van der Waals surface area contributed by atoms with Crippen LogP contribution >= 0.6 is 0 Å². The van der Waals surface area contributed by atoms with Crippen molar-refractivity contribution in [1.82, 2.24) is 0 Å². The standard InChI is InChI=1S/C25H30N2O3/c1-4-6-8-17-10-13-19(14-11-17)26-22-23(25(29)30-3)27-21-15-12-18(9-7-5-2)16-20(21)24(22)28/h10-16,20,26H,4-9H2,1-3H3. The predicted octanol–water partition coefficient (Wildman–Crippen LogP) is 5.15. The molecule has 0 spiro atoms. The van der Waals surface area contributed by atoms with E-state index < -0.39 is 11.9 Å². The van der Waals surface area contributed by atoms with Crippen molar-refractivity contribution in [1.29, 1.82) is 0 Å². The minimum absolute atomic E-state index is 0.0267. The van der Waals surface area contributed by atoms with Crippen molar-refractivity contribution in [3.63, 3.8) is 0 Å². The van der Waals surface area contributed by atoms with E-state index in [2.05, 4.69) is 24.2 Å². The Kier molecular flexibility index (Phi) is 7.39. The number of methoxy groups -OCH3 is 1. The van der Waals surface area contributed by atoms with Gasteiger partial charge >= 0.3 is 5.97 Å². The lowest BCUT2D eigenvalue weighted by molar-refractivity contribution is -0.136. The fraction of sp³-hybridized carbons (Fsp3) is 0.400. The molecule has 2 aliphatic rings. The number of hydrogen-bond donors (Lipinski definition) is 1. The first-order chi connectivity index (χ1) is 14.6. The van der Waals surface area contributed by atoms with Gasteiger partial charge in [-0.25, -0.2) is 9.79 Å². The molecule has 0 fully saturated rings. The van der Waals surface area contributed by atoms with Crippen LogP contribution in [0.15, 0.2) is 64.5 Å². The Labute approximate surface area is 178 Å². The van der Waals surface area contributed by atoms with Crippen LogP contribution in [0.25, 0.3) is 0 Å². The maximum atomic E-state index is 13.3. The first-order valence-electron chi connectivity index (χ1n) is 10.8. The summed E-state index contributed by atoms with van der Waals surface area (Å²) in [6.07, 6.45) is 12.2. The Bertz CT molecular complexity index is 920. The van der Waals surface area contributed by atoms with Gasteiger partial charge in [0.15, 0.2) is 11.5 Å². The quantitative estimate of drug-likeness (QED) is 0.576. The van der Waals surface area contributed by atoms with Crippen LogP contribution in [-0.4, -0.2) is 24.6 Å². The van der Waals surface area contributed by atoms with Crippen LogP contribution in [0.4, 0.5) is 5.69 Å². The summed E-state index contributed by atoms with van der Waals surface area (Å²) in [6, 6.07) is 7.96. The molecular formula is C25H30N2O3. The van der Waals surface area contributed by atoms with Gasteiger partial charge in [0.2, 0.25) is 0 Å². The van der Waals surface area contributed by atoms with Crippen LogP contribution in [0, 0.1) is 5.92 Å². The van der Waals surface area contributed by atoms with Gasteiger partial charge in [0, 0.05) is 5.69 Å². The van der Waals surface area contributed by atoms with E-state index in [0.717, 1.165) is 49.8 Å². The molecule has 1 aromatic rings. The Morgan fingerprint density at radius 2 is 1.77 bits per heavy atom. The molecule has 0 bridgehead atoms. The van der Waals surface area contributed by atoms with Gasteiger partial charge in [0.05, 0.1) is 18.7 Å². The van der Waals surface area contributed by atoms with E-state index in [1.54, 1.807) is 0 Å². The van der Waals surface area contributed by atoms with Crippen molar-refractivity contribution in [3.05, 3.63) is 65.0 Å². The zero-order chi connectivity index (χ0) is 21.5. The summed E-state index contributed by atoms with van der Waals surface area (Å²) in [5.74, 6) is -1.25. The number of carbonyl (C=O) groups excluding carboxylic acids is 2. The fourth-order valence-electron chi connectivity index (χ4n) is 3.62. The highest BCUT2D eigenvalue weighted by molar-refractivity contribution is 6.24. The predicted molar refractivity (Wildman–Crippen MR) is 120 cm³/mol. The number of hydrogen-bond acceptors (Lipinski definition) is 5. The number of esters is 1. The number of Topliss-reactive ketones (excluding diaryl/α,β-unsaturated/α-hetero) is 1. The zero-order valence-corrected chi connectivity index (χ0v) is 18.0. The lowest BCUT2D eigenvalue weighted by Gasteiger charge is -2.25. The molecule has 1 aliphatic carbocycles. The number of ether oxygens (including phenoxy) is 1. The summed E-state index contributed by atoms with van der Waals surface area (Å²) in [5.41, 5.74) is 3.94. The molecule has 158 valence electrons. The van der Waals surface area contributed by atoms with Crippen LogP contribution in [0.3, 0.4) is 0 Å². The summed E-state index contributed by atoms with van der Waals surface area (Å²) < 4.78 is 4.89. The first kappa shape index (κ1) is 21.8. The molecule has 1 atom stereocenters. The van der Waals surface area contributed by atoms with Crippen molar-refractivity contribution >= 4 is 23.2 Å². The van der Waals surface area contributed by atoms with Gasteiger partial charge < -0.3 is 10.1 Å². The highest BCUT2D eigenvalue weighted by atomic mass is 16.5. The van der Waals surface area contributed by atoms with E-state index in [0.29, 0.717) is 5.71 Å². The third-order valence-corrected chi connectivity index (χ3v) is 5.41. The van der Waals surface area contributed by atoms with Gasteiger partial charge in [-0.05, 0) is 49.5 Å². The van der Waals surface area contributed by atoms with Crippen molar-refractivity contribution in [2.75, 3.05) is 12.4 Å². The summed E-state index contributed by atoms with van der Waals surface area (Å²) >= 11 is 0. The van der Waals surface area contributed by atoms with Crippen LogP contribution in [-0.2, 0) is 20.7 Å². The van der Waals surface area contributed by atoms with Crippen molar-refractivity contribution in [2.24, 2.45) is 10.9 Å². The van der Waals surface area contributed by atoms with Gasteiger partial charge in [-0.15, -0.1) is 0 Å². The molecule has 0 saturated heterocycles. The molecule has 1 heterocycles. The molecule has 5 nitrogen and oxygen atoms in total. The monoisotopic (exact) mass is 406 g/mol. The molecule has 1 unspecified atom stereocenters. The van der Waals surface area contributed by atoms with Gasteiger partial charge in [-0.3, -0.25) is 4.79 Å². The van der Waals surface area contributed by atoms with E-state index in [-0.39, 0.29) is 17.2 Å². The second-order valence-electron chi connectivity index (χ2n) is 7.70. The maximum Gasteiger partial charge on any atom is 0.358 e. The Morgan fingerprint density at radius 3 is 2.43 bits per heavy atom. The normalized spacial score (nSPS) is 18.0. The summed E-state index contributed by atoms with van der Waals surface area (Å²) in [6.45, 7) is 4.31. The molecule has 30 heavy (non-hydrogen) atoms. The van der Waals surface area contributed by atoms with Crippen molar-refractivity contribution in [2.45, 2.75) is 52.4 Å². The van der Waals surface area contributed by atoms with E-state index in [9.17, 15) is 9.59 Å². The van der Waals surface area contributed by atoms with E-state index in [1.165, 1.54) is 12.7 Å². The van der Waals surface area contributed by atoms with Crippen LogP contribution < -0.4 is 5.32 Å². The summed E-state index contributed by atoms with van der Waals surface area (Å²) in [7, 11) is 1.30. The van der Waals surface area contributed by atoms with Gasteiger partial charge in [0.25, 0.3) is 0 Å². The number of allylic oxidation sites excluding steroid dienone is 5. The molecule has 0 aromatic heterocycles. The molecule has 0 amide bonds. The number of benzene rings is 1. The molecule has 3 rings (SSSR count). The maximum absolute atomic E-state index is 13.3. The number of rotatable bonds is 9. The highest BCUT2D eigenvalue weighted by Gasteiger charge is 2.35. The van der Waals surface area contributed by atoms with E-state index in [4.69, 9.17) is 4.74 Å². The van der Waals surface area contributed by atoms with Crippen LogP contribution in [0.5, 0.6) is 0 Å². The summed E-state index contributed by atoms with van der Waals surface area (Å²) in [5, 5.41) is 3.14. The number of ketones is 1. The number of carbonyl (C=O) groups is 2. The number of anilines is 1. The zero-order valence-electron chi connectivity index (χ0n) is 18.0. The van der Waals surface area contributed by atoms with Gasteiger partial charge in [-0.1, -0.05) is 56.5 Å². The third kappa shape index (κ3) is 4.96. The van der Waals surface area contributed by atoms with Crippen molar-refractivity contribution < 1.29 is 14.3 Å². The second-order valence-corrected chi connectivity index (χ2v) is 7.70. The molecule has 1 aromatic carbocycles. The number of aliphatic imine (C=N–C) groups is 1. The number of nitrogens with one attached hydrogen (secondary N) is 1. The number of fused-ring (bicyclic) bond motifs is 1. The largest absolute Gasteiger partial charge is 0.464 e. The number of aryl methyl sites for hydroxylation is 1. The lowest BCUT2D eigenvalue weighted by atomic mass is 9.85. The number of nitrogens with zero attached hydrogens (tertiary/aromatic N) is 1. The molecule has 1 aliphatic heterocycles. The Balaban J connectivity index is 1.89. The topological polar surface area (TPSA) is 67.8 Å². The third-order valence-electron chi connectivity index (χ3n) is 5.41. The SMILES string of the molecule is CCCCC1=CC2C(=O)C(Nc3ccc(CCCC)cc3)=C(C(=O)OC)N=C2C=C1. The molecule has 0 saturated carbocycles. The number of unbranched alkanes of at least 4 members (excludes halogenated alkanes) is 2. The average Bonchev–Trinajstić information content (AvgIpc) is 2.78. The molecule has 5 heteroatoms. The second kappa shape index (κ2) is 10.2. The van der Waals surface area contributed by atoms with Crippen molar-refractivity contribution in [3.8, 4) is 0 Å². The lowest BCUT2D eigenvalue weighted by Crippen LogP contribution is -2.33. The minimum Gasteiger partial charge on any atom is -0.464 e. The Morgan fingerprint density at radius 1 is 1.07 bits per heavy atom. The minimum atomic E-state index is -0.620. The molecule has 0 radical (unpaired) electrons. The van der Waals surface area contributed by atoms with E-state index >= 15 is 0 Å². The average molecular weight is 407 g/mol.